The SMILES string of the molecule is COc1ccc(CC(N)Cc2cc(C)cc(C)c2)cn1. The minimum absolute atomic E-state index is 0.103. The second-order valence-corrected chi connectivity index (χ2v) is 5.37. The fraction of sp³-hybridized carbons (Fsp3) is 0.353. The number of methoxy groups -OCH3 is 1. The van der Waals surface area contributed by atoms with Crippen molar-refractivity contribution in [1.82, 2.24) is 4.98 Å². The third-order valence-electron chi connectivity index (χ3n) is 3.28. The van der Waals surface area contributed by atoms with E-state index in [9.17, 15) is 0 Å². The predicted molar refractivity (Wildman–Crippen MR) is 82.1 cm³/mol. The Hall–Kier alpha value is -1.87. The largest absolute Gasteiger partial charge is 0.481 e. The summed E-state index contributed by atoms with van der Waals surface area (Å²) in [6.45, 7) is 4.24. The molecule has 0 spiro atoms. The highest BCUT2D eigenvalue weighted by Crippen LogP contribution is 2.13. The monoisotopic (exact) mass is 270 g/mol. The van der Waals surface area contributed by atoms with Crippen LogP contribution >= 0.6 is 0 Å². The summed E-state index contributed by atoms with van der Waals surface area (Å²) in [6, 6.07) is 10.6. The second kappa shape index (κ2) is 6.53. The summed E-state index contributed by atoms with van der Waals surface area (Å²) in [5, 5.41) is 0. The number of aromatic nitrogens is 1. The number of aryl methyl sites for hydroxylation is 2. The van der Waals surface area contributed by atoms with Crippen LogP contribution in [-0.2, 0) is 12.8 Å². The first kappa shape index (κ1) is 14.5. The minimum Gasteiger partial charge on any atom is -0.481 e. The van der Waals surface area contributed by atoms with E-state index in [-0.39, 0.29) is 6.04 Å². The third-order valence-corrected chi connectivity index (χ3v) is 3.28. The lowest BCUT2D eigenvalue weighted by molar-refractivity contribution is 0.397. The van der Waals surface area contributed by atoms with Gasteiger partial charge < -0.3 is 10.5 Å². The van der Waals surface area contributed by atoms with E-state index in [1.54, 1.807) is 7.11 Å². The molecule has 1 aromatic heterocycles. The van der Waals surface area contributed by atoms with Gasteiger partial charge in [-0.1, -0.05) is 35.4 Å². The molecule has 1 unspecified atom stereocenters. The number of pyridine rings is 1. The molecule has 0 amide bonds. The number of hydrogen-bond acceptors (Lipinski definition) is 3. The molecule has 20 heavy (non-hydrogen) atoms. The molecule has 2 rings (SSSR count). The molecule has 0 saturated heterocycles. The van der Waals surface area contributed by atoms with Gasteiger partial charge in [0.15, 0.2) is 0 Å². The van der Waals surface area contributed by atoms with Crippen molar-refractivity contribution in [3.05, 3.63) is 58.8 Å². The highest BCUT2D eigenvalue weighted by molar-refractivity contribution is 5.29. The average Bonchev–Trinajstić information content (AvgIpc) is 2.38. The zero-order valence-corrected chi connectivity index (χ0v) is 12.4. The van der Waals surface area contributed by atoms with Crippen molar-refractivity contribution in [1.29, 1.82) is 0 Å². The van der Waals surface area contributed by atoms with Gasteiger partial charge in [-0.2, -0.15) is 0 Å². The Morgan fingerprint density at radius 2 is 1.70 bits per heavy atom. The summed E-state index contributed by atoms with van der Waals surface area (Å²) < 4.78 is 5.05. The number of benzene rings is 1. The van der Waals surface area contributed by atoms with Crippen LogP contribution in [0, 0.1) is 13.8 Å². The Labute approximate surface area is 120 Å². The molecule has 0 bridgehead atoms. The van der Waals surface area contributed by atoms with Gasteiger partial charge in [-0.25, -0.2) is 4.98 Å². The predicted octanol–water partition coefficient (Wildman–Crippen LogP) is 2.82. The summed E-state index contributed by atoms with van der Waals surface area (Å²) in [5.74, 6) is 0.636. The molecule has 0 aliphatic carbocycles. The third kappa shape index (κ3) is 4.07. The first-order valence-corrected chi connectivity index (χ1v) is 6.88. The fourth-order valence-electron chi connectivity index (χ4n) is 2.52. The molecule has 3 nitrogen and oxygen atoms in total. The molecule has 0 radical (unpaired) electrons. The molecule has 1 atom stereocenters. The number of ether oxygens (including phenoxy) is 1. The van der Waals surface area contributed by atoms with E-state index in [4.69, 9.17) is 10.5 Å². The molecule has 0 fully saturated rings. The van der Waals surface area contributed by atoms with Crippen molar-refractivity contribution in [2.45, 2.75) is 32.7 Å². The van der Waals surface area contributed by atoms with Gasteiger partial charge in [0.05, 0.1) is 7.11 Å². The van der Waals surface area contributed by atoms with Gasteiger partial charge >= 0.3 is 0 Å². The summed E-state index contributed by atoms with van der Waals surface area (Å²) in [7, 11) is 1.62. The molecule has 3 heteroatoms. The topological polar surface area (TPSA) is 48.1 Å². The highest BCUT2D eigenvalue weighted by Gasteiger charge is 2.07. The van der Waals surface area contributed by atoms with Crippen molar-refractivity contribution in [3.63, 3.8) is 0 Å². The lowest BCUT2D eigenvalue weighted by Crippen LogP contribution is -2.25. The Bertz CT molecular complexity index is 543. The van der Waals surface area contributed by atoms with E-state index in [1.807, 2.05) is 18.3 Å². The smallest absolute Gasteiger partial charge is 0.212 e. The Morgan fingerprint density at radius 3 is 2.25 bits per heavy atom. The normalized spacial score (nSPS) is 12.2. The van der Waals surface area contributed by atoms with Crippen LogP contribution in [0.5, 0.6) is 5.88 Å². The van der Waals surface area contributed by atoms with Gasteiger partial charge in [0.1, 0.15) is 0 Å². The zero-order chi connectivity index (χ0) is 14.5. The van der Waals surface area contributed by atoms with E-state index in [0.29, 0.717) is 5.88 Å². The molecule has 2 N–H and O–H groups in total. The molecular weight excluding hydrogens is 248 g/mol. The van der Waals surface area contributed by atoms with Crippen LogP contribution in [0.15, 0.2) is 36.5 Å². The first-order valence-electron chi connectivity index (χ1n) is 6.88. The van der Waals surface area contributed by atoms with Gasteiger partial charge in [-0.15, -0.1) is 0 Å². The van der Waals surface area contributed by atoms with Crippen LogP contribution < -0.4 is 10.5 Å². The Morgan fingerprint density at radius 1 is 1.05 bits per heavy atom. The van der Waals surface area contributed by atoms with Gasteiger partial charge in [0.25, 0.3) is 0 Å². The number of nitrogens with two attached hydrogens (primary N) is 1. The minimum atomic E-state index is 0.103. The van der Waals surface area contributed by atoms with Crippen LogP contribution in [0.2, 0.25) is 0 Å². The maximum atomic E-state index is 6.25. The molecule has 0 aliphatic rings. The van der Waals surface area contributed by atoms with E-state index in [2.05, 4.69) is 37.0 Å². The van der Waals surface area contributed by atoms with Gasteiger partial charge in [0, 0.05) is 18.3 Å². The van der Waals surface area contributed by atoms with Crippen LogP contribution in [-0.4, -0.2) is 18.1 Å². The van der Waals surface area contributed by atoms with E-state index < -0.39 is 0 Å². The summed E-state index contributed by atoms with van der Waals surface area (Å²) >= 11 is 0. The van der Waals surface area contributed by atoms with Crippen LogP contribution in [0.4, 0.5) is 0 Å². The zero-order valence-electron chi connectivity index (χ0n) is 12.4. The molecule has 2 aromatic rings. The molecular formula is C17H22N2O. The lowest BCUT2D eigenvalue weighted by atomic mass is 9.98. The van der Waals surface area contributed by atoms with E-state index in [0.717, 1.165) is 18.4 Å². The van der Waals surface area contributed by atoms with Crippen molar-refractivity contribution in [2.24, 2.45) is 5.73 Å². The van der Waals surface area contributed by atoms with Gasteiger partial charge in [-0.3, -0.25) is 0 Å². The molecule has 1 aromatic carbocycles. The van der Waals surface area contributed by atoms with E-state index >= 15 is 0 Å². The van der Waals surface area contributed by atoms with E-state index in [1.165, 1.54) is 16.7 Å². The van der Waals surface area contributed by atoms with Gasteiger partial charge in [0.2, 0.25) is 5.88 Å². The maximum Gasteiger partial charge on any atom is 0.212 e. The van der Waals surface area contributed by atoms with Crippen LogP contribution in [0.1, 0.15) is 22.3 Å². The van der Waals surface area contributed by atoms with Crippen molar-refractivity contribution >= 4 is 0 Å². The van der Waals surface area contributed by atoms with Crippen molar-refractivity contribution in [3.8, 4) is 5.88 Å². The highest BCUT2D eigenvalue weighted by atomic mass is 16.5. The summed E-state index contributed by atoms with van der Waals surface area (Å²) in [4.78, 5) is 4.21. The van der Waals surface area contributed by atoms with Gasteiger partial charge in [-0.05, 0) is 37.8 Å². The quantitative estimate of drug-likeness (QED) is 0.909. The Kier molecular flexibility index (Phi) is 4.74. The molecule has 0 aliphatic heterocycles. The average molecular weight is 270 g/mol. The summed E-state index contributed by atoms with van der Waals surface area (Å²) in [5.41, 5.74) is 11.3. The first-order chi connectivity index (χ1) is 9.56. The summed E-state index contributed by atoms with van der Waals surface area (Å²) in [6.07, 6.45) is 3.54. The maximum absolute atomic E-state index is 6.25. The lowest BCUT2D eigenvalue weighted by Gasteiger charge is -2.13. The molecule has 1 heterocycles. The number of rotatable bonds is 5. The standard InChI is InChI=1S/C17H22N2O/c1-12-6-13(2)8-15(7-12)10-16(18)9-14-4-5-17(20-3)19-11-14/h4-8,11,16H,9-10,18H2,1-3H3. The van der Waals surface area contributed by atoms with Crippen LogP contribution in [0.3, 0.4) is 0 Å². The number of hydrogen-bond donors (Lipinski definition) is 1. The fourth-order valence-corrected chi connectivity index (χ4v) is 2.52. The van der Waals surface area contributed by atoms with Crippen LogP contribution in [0.25, 0.3) is 0 Å². The van der Waals surface area contributed by atoms with Crippen molar-refractivity contribution < 1.29 is 4.74 Å². The Balaban J connectivity index is 1.98. The van der Waals surface area contributed by atoms with Crippen molar-refractivity contribution in [2.75, 3.05) is 7.11 Å². The number of nitrogens with zero attached hydrogens (tertiary/aromatic N) is 1. The second-order valence-electron chi connectivity index (χ2n) is 5.37. The molecule has 106 valence electrons. The molecule has 0 saturated carbocycles.